The minimum Gasteiger partial charge on any atom is -0.321 e. The van der Waals surface area contributed by atoms with Gasteiger partial charge in [0, 0.05) is 6.42 Å². The maximum Gasteiger partial charge on any atom is 0.150 e. The van der Waals surface area contributed by atoms with Crippen molar-refractivity contribution in [2.45, 2.75) is 45.6 Å². The summed E-state index contributed by atoms with van der Waals surface area (Å²) >= 11 is 0. The number of rotatable bonds is 6. The molecule has 2 N–H and O–H groups in total. The molecule has 0 aliphatic heterocycles. The average molecular weight is 233 g/mol. The van der Waals surface area contributed by atoms with Gasteiger partial charge in [-0.1, -0.05) is 51.1 Å². The van der Waals surface area contributed by atoms with Crippen molar-refractivity contribution in [1.82, 2.24) is 0 Å². The summed E-state index contributed by atoms with van der Waals surface area (Å²) in [5.41, 5.74) is 7.13. The van der Waals surface area contributed by atoms with Gasteiger partial charge in [-0.2, -0.15) is 0 Å². The molecule has 0 bridgehead atoms. The van der Waals surface area contributed by atoms with Gasteiger partial charge in [-0.15, -0.1) is 0 Å². The molecule has 0 spiro atoms. The summed E-state index contributed by atoms with van der Waals surface area (Å²) in [5, 5.41) is 0. The van der Waals surface area contributed by atoms with Crippen LogP contribution in [0.1, 0.15) is 45.1 Å². The first-order chi connectivity index (χ1) is 8.06. The molecule has 1 aromatic carbocycles. The van der Waals surface area contributed by atoms with Crippen LogP contribution in [-0.4, -0.2) is 11.8 Å². The zero-order chi connectivity index (χ0) is 12.8. The van der Waals surface area contributed by atoms with Crippen molar-refractivity contribution in [3.63, 3.8) is 0 Å². The minimum absolute atomic E-state index is 0.177. The first-order valence-electron chi connectivity index (χ1n) is 6.39. The van der Waals surface area contributed by atoms with Crippen molar-refractivity contribution >= 4 is 5.78 Å². The SMILES string of the molecule is CC[C@@H](CC(=O)[C@H](N)C(C)C)c1ccccc1. The molecule has 0 unspecified atom stereocenters. The summed E-state index contributed by atoms with van der Waals surface area (Å²) in [6, 6.07) is 9.88. The third-order valence-corrected chi connectivity index (χ3v) is 3.30. The van der Waals surface area contributed by atoms with Crippen LogP contribution in [0.5, 0.6) is 0 Å². The van der Waals surface area contributed by atoms with E-state index in [-0.39, 0.29) is 17.7 Å². The number of hydrogen-bond donors (Lipinski definition) is 1. The summed E-state index contributed by atoms with van der Waals surface area (Å²) < 4.78 is 0. The molecule has 94 valence electrons. The molecule has 0 saturated carbocycles. The van der Waals surface area contributed by atoms with Gasteiger partial charge < -0.3 is 5.73 Å². The molecular weight excluding hydrogens is 210 g/mol. The van der Waals surface area contributed by atoms with E-state index >= 15 is 0 Å². The first kappa shape index (κ1) is 13.9. The van der Waals surface area contributed by atoms with Crippen molar-refractivity contribution in [2.24, 2.45) is 11.7 Å². The molecule has 0 radical (unpaired) electrons. The molecule has 2 heteroatoms. The summed E-state index contributed by atoms with van der Waals surface area (Å²) in [6.07, 6.45) is 1.53. The Morgan fingerprint density at radius 2 is 1.82 bits per heavy atom. The summed E-state index contributed by atoms with van der Waals surface area (Å²) in [6.45, 7) is 6.10. The molecule has 0 heterocycles. The van der Waals surface area contributed by atoms with Gasteiger partial charge in [-0.05, 0) is 23.8 Å². The van der Waals surface area contributed by atoms with E-state index in [4.69, 9.17) is 5.73 Å². The highest BCUT2D eigenvalue weighted by atomic mass is 16.1. The fourth-order valence-corrected chi connectivity index (χ4v) is 1.97. The van der Waals surface area contributed by atoms with Crippen molar-refractivity contribution in [1.29, 1.82) is 0 Å². The standard InChI is InChI=1S/C15H23NO/c1-4-12(13-8-6-5-7-9-13)10-14(17)15(16)11(2)3/h5-9,11-12,15H,4,10,16H2,1-3H3/t12-,15+/m0/s1. The largest absolute Gasteiger partial charge is 0.321 e. The summed E-state index contributed by atoms with van der Waals surface area (Å²) in [7, 11) is 0. The van der Waals surface area contributed by atoms with Gasteiger partial charge in [0.25, 0.3) is 0 Å². The lowest BCUT2D eigenvalue weighted by Crippen LogP contribution is -2.36. The van der Waals surface area contributed by atoms with E-state index in [1.54, 1.807) is 0 Å². The van der Waals surface area contributed by atoms with E-state index in [2.05, 4.69) is 19.1 Å². The van der Waals surface area contributed by atoms with Crippen LogP contribution in [0.2, 0.25) is 0 Å². The van der Waals surface area contributed by atoms with Crippen LogP contribution in [0, 0.1) is 5.92 Å². The topological polar surface area (TPSA) is 43.1 Å². The number of nitrogens with two attached hydrogens (primary N) is 1. The summed E-state index contributed by atoms with van der Waals surface area (Å²) in [4.78, 5) is 12.0. The summed E-state index contributed by atoms with van der Waals surface area (Å²) in [5.74, 6) is 0.694. The number of benzene rings is 1. The highest BCUT2D eigenvalue weighted by Gasteiger charge is 2.21. The molecule has 0 aliphatic carbocycles. The fraction of sp³-hybridized carbons (Fsp3) is 0.533. The molecule has 0 amide bonds. The Balaban J connectivity index is 2.68. The van der Waals surface area contributed by atoms with Gasteiger partial charge in [-0.3, -0.25) is 4.79 Å². The maximum atomic E-state index is 12.0. The van der Waals surface area contributed by atoms with Gasteiger partial charge in [0.2, 0.25) is 0 Å². The Hall–Kier alpha value is -1.15. The van der Waals surface area contributed by atoms with Crippen LogP contribution in [0.3, 0.4) is 0 Å². The van der Waals surface area contributed by atoms with Crippen LogP contribution in [0.4, 0.5) is 0 Å². The zero-order valence-corrected chi connectivity index (χ0v) is 11.0. The lowest BCUT2D eigenvalue weighted by atomic mass is 9.87. The Labute approximate surface area is 104 Å². The van der Waals surface area contributed by atoms with E-state index in [1.807, 2.05) is 32.0 Å². The molecule has 0 aromatic heterocycles. The van der Waals surface area contributed by atoms with Gasteiger partial charge in [0.1, 0.15) is 5.78 Å². The lowest BCUT2D eigenvalue weighted by Gasteiger charge is -2.19. The second-order valence-electron chi connectivity index (χ2n) is 4.96. The third-order valence-electron chi connectivity index (χ3n) is 3.30. The Bertz CT molecular complexity index is 345. The maximum absolute atomic E-state index is 12.0. The third kappa shape index (κ3) is 3.97. The predicted molar refractivity (Wildman–Crippen MR) is 71.9 cm³/mol. The van der Waals surface area contributed by atoms with Gasteiger partial charge in [0.15, 0.2) is 0 Å². The lowest BCUT2D eigenvalue weighted by molar-refractivity contribution is -0.121. The van der Waals surface area contributed by atoms with Crippen molar-refractivity contribution < 1.29 is 4.79 Å². The van der Waals surface area contributed by atoms with Gasteiger partial charge in [-0.25, -0.2) is 0 Å². The van der Waals surface area contributed by atoms with E-state index in [9.17, 15) is 4.79 Å². The van der Waals surface area contributed by atoms with Crippen molar-refractivity contribution in [3.8, 4) is 0 Å². The predicted octanol–water partition coefficient (Wildman–Crippen LogP) is 3.12. The van der Waals surface area contributed by atoms with E-state index < -0.39 is 0 Å². The van der Waals surface area contributed by atoms with Crippen LogP contribution < -0.4 is 5.73 Å². The Kier molecular flexibility index (Phi) is 5.36. The molecule has 0 saturated heterocycles. The first-order valence-corrected chi connectivity index (χ1v) is 6.39. The number of carbonyl (C=O) groups is 1. The van der Waals surface area contributed by atoms with Crippen LogP contribution in [0.15, 0.2) is 30.3 Å². The number of Topliss-reactive ketones (excluding diaryl/α,β-unsaturated/α-hetero) is 1. The smallest absolute Gasteiger partial charge is 0.150 e. The van der Waals surface area contributed by atoms with Gasteiger partial charge >= 0.3 is 0 Å². The highest BCUT2D eigenvalue weighted by Crippen LogP contribution is 2.24. The molecule has 2 atom stereocenters. The molecular formula is C15H23NO. The van der Waals surface area contributed by atoms with Crippen LogP contribution in [-0.2, 0) is 4.79 Å². The normalized spacial score (nSPS) is 14.6. The molecule has 0 fully saturated rings. The fourth-order valence-electron chi connectivity index (χ4n) is 1.97. The zero-order valence-electron chi connectivity index (χ0n) is 11.0. The van der Waals surface area contributed by atoms with E-state index in [0.29, 0.717) is 12.3 Å². The van der Waals surface area contributed by atoms with Crippen LogP contribution in [0.25, 0.3) is 0 Å². The number of carbonyl (C=O) groups excluding carboxylic acids is 1. The molecule has 2 nitrogen and oxygen atoms in total. The molecule has 1 aromatic rings. The Morgan fingerprint density at radius 3 is 2.29 bits per heavy atom. The number of hydrogen-bond acceptors (Lipinski definition) is 2. The molecule has 1 rings (SSSR count). The van der Waals surface area contributed by atoms with Crippen molar-refractivity contribution in [2.75, 3.05) is 0 Å². The van der Waals surface area contributed by atoms with E-state index in [1.165, 1.54) is 5.56 Å². The van der Waals surface area contributed by atoms with Crippen LogP contribution >= 0.6 is 0 Å². The van der Waals surface area contributed by atoms with Crippen molar-refractivity contribution in [3.05, 3.63) is 35.9 Å². The number of ketones is 1. The van der Waals surface area contributed by atoms with E-state index in [0.717, 1.165) is 6.42 Å². The highest BCUT2D eigenvalue weighted by molar-refractivity contribution is 5.84. The quantitative estimate of drug-likeness (QED) is 0.820. The minimum atomic E-state index is -0.326. The molecule has 0 aliphatic rings. The Morgan fingerprint density at radius 1 is 1.24 bits per heavy atom. The second kappa shape index (κ2) is 6.55. The average Bonchev–Trinajstić information content (AvgIpc) is 2.35. The molecule has 17 heavy (non-hydrogen) atoms. The monoisotopic (exact) mass is 233 g/mol. The van der Waals surface area contributed by atoms with Gasteiger partial charge in [0.05, 0.1) is 6.04 Å². The second-order valence-corrected chi connectivity index (χ2v) is 4.96.